The van der Waals surface area contributed by atoms with Gasteiger partial charge >= 0.3 is 5.97 Å². The summed E-state index contributed by atoms with van der Waals surface area (Å²) in [6, 6.07) is 0. The molecule has 0 saturated heterocycles. The van der Waals surface area contributed by atoms with Gasteiger partial charge in [0.05, 0.1) is 40.1 Å². The molecule has 0 aromatic heterocycles. The molecule has 1 unspecified atom stereocenters. The lowest BCUT2D eigenvalue weighted by molar-refractivity contribution is -0.870. The van der Waals surface area contributed by atoms with Crippen molar-refractivity contribution in [3.05, 3.63) is 73.1 Å². The molecule has 0 aliphatic carbocycles. The van der Waals surface area contributed by atoms with Crippen molar-refractivity contribution >= 4 is 13.8 Å². The second-order valence-electron chi connectivity index (χ2n) is 15.6. The number of nitrogens with zero attached hydrogens (tertiary/aromatic N) is 1. The maximum absolute atomic E-state index is 12.5. The molecule has 324 valence electrons. The molecule has 0 aromatic carbocycles. The summed E-state index contributed by atoms with van der Waals surface area (Å²) in [6.07, 6.45) is 46.4. The standard InChI is InChI=1S/C46H82NO8P/c1-6-8-10-11-12-13-14-15-16-17-20-23-26-29-32-35-40-52-45(43-55-56(50,51)54-41-39-47(3,4)5)42-53-46(49)38-34-31-28-25-22-19-18-21-24-27-30-33-37-44(48)36-9-7-2/h13-14,18-19,24-25,27-28,33,35,37,40,44-45,48H,6-12,15-17,20-23,26,29-32,34,36,38-39,41-43H2,1-5H3/b14-13-,19-18-,27-24-,28-25-,37-33-,40-35+/t44-,45+/m0/s1. The van der Waals surface area contributed by atoms with E-state index in [-0.39, 0.29) is 38.3 Å². The number of phosphoric acid groups is 1. The summed E-state index contributed by atoms with van der Waals surface area (Å²) in [5, 5.41) is 9.82. The first-order valence-corrected chi connectivity index (χ1v) is 23.3. The van der Waals surface area contributed by atoms with Crippen LogP contribution in [0.15, 0.2) is 73.1 Å². The average molecular weight is 808 g/mol. The van der Waals surface area contributed by atoms with E-state index in [2.05, 4.69) is 62.5 Å². The third-order valence-corrected chi connectivity index (χ3v) is 9.85. The highest BCUT2D eigenvalue weighted by Gasteiger charge is 2.19. The molecule has 0 spiro atoms. The van der Waals surface area contributed by atoms with Gasteiger partial charge in [0.25, 0.3) is 7.82 Å². The van der Waals surface area contributed by atoms with Gasteiger partial charge in [-0.1, -0.05) is 132 Å². The highest BCUT2D eigenvalue weighted by Crippen LogP contribution is 2.38. The van der Waals surface area contributed by atoms with E-state index in [0.717, 1.165) is 64.2 Å². The smallest absolute Gasteiger partial charge is 0.305 e. The Hall–Kier alpha value is -2.26. The zero-order valence-corrected chi connectivity index (χ0v) is 37.1. The lowest BCUT2D eigenvalue weighted by Gasteiger charge is -2.28. The van der Waals surface area contributed by atoms with Crippen LogP contribution in [0.3, 0.4) is 0 Å². The summed E-state index contributed by atoms with van der Waals surface area (Å²) in [5.41, 5.74) is 0. The monoisotopic (exact) mass is 808 g/mol. The van der Waals surface area contributed by atoms with Crippen LogP contribution >= 0.6 is 7.82 Å². The van der Waals surface area contributed by atoms with Crippen molar-refractivity contribution in [2.75, 3.05) is 47.5 Å². The van der Waals surface area contributed by atoms with Crippen molar-refractivity contribution < 1.29 is 42.4 Å². The Morgan fingerprint density at radius 1 is 0.661 bits per heavy atom. The number of hydrogen-bond acceptors (Lipinski definition) is 8. The first-order chi connectivity index (χ1) is 27.0. The van der Waals surface area contributed by atoms with E-state index in [1.165, 1.54) is 64.2 Å². The molecule has 1 N–H and O–H groups in total. The van der Waals surface area contributed by atoms with Crippen LogP contribution in [0.5, 0.6) is 0 Å². The minimum Gasteiger partial charge on any atom is -0.756 e. The zero-order chi connectivity index (χ0) is 41.4. The predicted octanol–water partition coefficient (Wildman–Crippen LogP) is 11.4. The number of hydrogen-bond donors (Lipinski definition) is 1. The molecule has 9 nitrogen and oxygen atoms in total. The number of allylic oxidation sites excluding steroid dienone is 10. The van der Waals surface area contributed by atoms with Gasteiger partial charge in [-0.25, -0.2) is 0 Å². The normalized spacial score (nSPS) is 15.0. The summed E-state index contributed by atoms with van der Waals surface area (Å²) in [5.74, 6) is -0.365. The van der Waals surface area contributed by atoms with E-state index in [9.17, 15) is 19.4 Å². The molecule has 0 radical (unpaired) electrons. The van der Waals surface area contributed by atoms with Gasteiger partial charge in [-0.15, -0.1) is 0 Å². The fraction of sp³-hybridized carbons (Fsp3) is 0.717. The van der Waals surface area contributed by atoms with E-state index in [4.69, 9.17) is 18.5 Å². The van der Waals surface area contributed by atoms with Crippen molar-refractivity contribution in [2.45, 2.75) is 167 Å². The number of rotatable bonds is 39. The van der Waals surface area contributed by atoms with Crippen molar-refractivity contribution in [3.63, 3.8) is 0 Å². The van der Waals surface area contributed by atoms with E-state index >= 15 is 0 Å². The number of unbranched alkanes of at least 4 members (excludes halogenated alkanes) is 13. The van der Waals surface area contributed by atoms with Gasteiger partial charge in [-0.05, 0) is 83.1 Å². The van der Waals surface area contributed by atoms with Gasteiger partial charge in [0.15, 0.2) is 6.10 Å². The van der Waals surface area contributed by atoms with Crippen LogP contribution in [0.4, 0.5) is 0 Å². The first kappa shape index (κ1) is 53.7. The highest BCUT2D eigenvalue weighted by molar-refractivity contribution is 7.45. The number of esters is 1. The molecule has 3 atom stereocenters. The Kier molecular flexibility index (Phi) is 36.7. The SMILES string of the molecule is CCCCCC/C=C\CCCCCCCC/C=C/O[C@H](COC(=O)CCC/C=C\C/C=C\C/C=C\C/C=C\[C@@H](O)CCCC)COP(=O)([O-])OCC[N+](C)(C)C. The number of carbonyl (C=O) groups excluding carboxylic acids is 1. The van der Waals surface area contributed by atoms with Gasteiger partial charge in [0.2, 0.25) is 0 Å². The summed E-state index contributed by atoms with van der Waals surface area (Å²) in [7, 11) is 1.29. The van der Waals surface area contributed by atoms with Gasteiger partial charge in [0.1, 0.15) is 19.8 Å². The quantitative estimate of drug-likeness (QED) is 0.0163. The highest BCUT2D eigenvalue weighted by atomic mass is 31.2. The maximum atomic E-state index is 12.5. The summed E-state index contributed by atoms with van der Waals surface area (Å²) >= 11 is 0. The molecular weight excluding hydrogens is 725 g/mol. The molecule has 0 amide bonds. The van der Waals surface area contributed by atoms with Gasteiger partial charge < -0.3 is 33.0 Å². The molecule has 0 aromatic rings. The van der Waals surface area contributed by atoms with Crippen LogP contribution in [-0.2, 0) is 27.9 Å². The summed E-state index contributed by atoms with van der Waals surface area (Å²) < 4.78 is 34.2. The molecule has 0 bridgehead atoms. The second kappa shape index (κ2) is 38.3. The molecule has 0 saturated carbocycles. The van der Waals surface area contributed by atoms with Crippen LogP contribution in [0.1, 0.15) is 155 Å². The first-order valence-electron chi connectivity index (χ1n) is 21.8. The number of aliphatic hydroxyl groups excluding tert-OH is 1. The van der Waals surface area contributed by atoms with Crippen LogP contribution in [0.2, 0.25) is 0 Å². The van der Waals surface area contributed by atoms with Gasteiger partial charge in [-0.2, -0.15) is 0 Å². The molecule has 10 heteroatoms. The molecule has 0 fully saturated rings. The lowest BCUT2D eigenvalue weighted by atomic mass is 10.1. The Morgan fingerprint density at radius 2 is 1.18 bits per heavy atom. The molecular formula is C46H82NO8P. The Labute approximate surface area is 343 Å². The predicted molar refractivity (Wildman–Crippen MR) is 232 cm³/mol. The third kappa shape index (κ3) is 41.4. The minimum absolute atomic E-state index is 0.00735. The molecule has 56 heavy (non-hydrogen) atoms. The molecule has 0 aliphatic rings. The van der Waals surface area contributed by atoms with Crippen LogP contribution < -0.4 is 4.89 Å². The number of ether oxygens (including phenoxy) is 2. The fourth-order valence-electron chi connectivity index (χ4n) is 5.36. The summed E-state index contributed by atoms with van der Waals surface area (Å²) in [6.45, 7) is 4.44. The second-order valence-corrected chi connectivity index (χ2v) is 17.0. The van der Waals surface area contributed by atoms with Crippen molar-refractivity contribution in [1.29, 1.82) is 0 Å². The summed E-state index contributed by atoms with van der Waals surface area (Å²) in [4.78, 5) is 24.8. The topological polar surface area (TPSA) is 114 Å². The Bertz CT molecular complexity index is 1140. The van der Waals surface area contributed by atoms with Crippen molar-refractivity contribution in [3.8, 4) is 0 Å². The van der Waals surface area contributed by atoms with E-state index < -0.39 is 13.9 Å². The van der Waals surface area contributed by atoms with Crippen molar-refractivity contribution in [2.24, 2.45) is 0 Å². The maximum Gasteiger partial charge on any atom is 0.305 e. The molecule has 0 rings (SSSR count). The van der Waals surface area contributed by atoms with E-state index in [1.54, 1.807) is 6.26 Å². The number of likely N-dealkylation sites (N-methyl/N-ethyl adjacent to an activating group) is 1. The zero-order valence-electron chi connectivity index (χ0n) is 36.2. The van der Waals surface area contributed by atoms with E-state index in [1.807, 2.05) is 39.4 Å². The Balaban J connectivity index is 4.44. The largest absolute Gasteiger partial charge is 0.756 e. The van der Waals surface area contributed by atoms with Crippen LogP contribution in [-0.4, -0.2) is 75.3 Å². The number of aliphatic hydroxyl groups is 1. The van der Waals surface area contributed by atoms with Crippen LogP contribution in [0.25, 0.3) is 0 Å². The third-order valence-electron chi connectivity index (χ3n) is 8.89. The number of quaternary nitrogens is 1. The van der Waals surface area contributed by atoms with E-state index in [0.29, 0.717) is 17.4 Å². The minimum atomic E-state index is -4.54. The Morgan fingerprint density at radius 3 is 1.79 bits per heavy atom. The molecule has 0 aliphatic heterocycles. The fourth-order valence-corrected chi connectivity index (χ4v) is 6.09. The number of phosphoric ester groups is 1. The van der Waals surface area contributed by atoms with Crippen LogP contribution in [0, 0.1) is 0 Å². The van der Waals surface area contributed by atoms with Gasteiger partial charge in [-0.3, -0.25) is 9.36 Å². The van der Waals surface area contributed by atoms with Gasteiger partial charge in [0, 0.05) is 6.42 Å². The lowest BCUT2D eigenvalue weighted by Crippen LogP contribution is -2.37. The molecule has 0 heterocycles. The van der Waals surface area contributed by atoms with Crippen molar-refractivity contribution in [1.82, 2.24) is 0 Å². The number of carbonyl (C=O) groups is 1. The average Bonchev–Trinajstić information content (AvgIpc) is 3.15.